The number of carbonyl (C=O) groups excluding carboxylic acids is 3. The predicted molar refractivity (Wildman–Crippen MR) is 122 cm³/mol. The van der Waals surface area contributed by atoms with Crippen LogP contribution in [0.4, 0.5) is 5.13 Å². The maximum absolute atomic E-state index is 12.9. The predicted octanol–water partition coefficient (Wildman–Crippen LogP) is -0.0367. The SMILES string of the molecule is Nc1nc(/C(=N/O)C(=O)N[C@@H]2C(=O)N3C(C(=O)O)=C(C=C4CCN(C5CC5)C4=O)CS[C@H]23)cs1. The van der Waals surface area contributed by atoms with E-state index < -0.39 is 34.9 Å². The van der Waals surface area contributed by atoms with Crippen LogP contribution in [0, 0.1) is 0 Å². The fourth-order valence-corrected chi connectivity index (χ4v) is 6.14. The largest absolute Gasteiger partial charge is 0.477 e. The van der Waals surface area contributed by atoms with Gasteiger partial charge in [0.05, 0.1) is 0 Å². The molecule has 1 saturated carbocycles. The first-order valence-electron chi connectivity index (χ1n) is 10.5. The van der Waals surface area contributed by atoms with Gasteiger partial charge in [0.1, 0.15) is 22.8 Å². The molecule has 2 saturated heterocycles. The Labute approximate surface area is 201 Å². The molecule has 178 valence electrons. The normalized spacial score (nSPS) is 26.1. The zero-order valence-corrected chi connectivity index (χ0v) is 19.3. The number of thioether (sulfide) groups is 1. The van der Waals surface area contributed by atoms with Crippen molar-refractivity contribution in [3.8, 4) is 0 Å². The molecule has 1 aliphatic carbocycles. The smallest absolute Gasteiger partial charge is 0.352 e. The summed E-state index contributed by atoms with van der Waals surface area (Å²) >= 11 is 2.34. The van der Waals surface area contributed by atoms with E-state index in [1.807, 2.05) is 4.90 Å². The van der Waals surface area contributed by atoms with Gasteiger partial charge in [0.25, 0.3) is 11.8 Å². The highest BCUT2D eigenvalue weighted by Gasteiger charge is 2.54. The number of thiazole rings is 1. The minimum absolute atomic E-state index is 0.0592. The van der Waals surface area contributed by atoms with Gasteiger partial charge in [0, 0.05) is 29.3 Å². The number of carboxylic acids is 1. The van der Waals surface area contributed by atoms with Crippen LogP contribution in [0.5, 0.6) is 0 Å². The maximum atomic E-state index is 12.9. The van der Waals surface area contributed by atoms with E-state index in [1.165, 1.54) is 17.1 Å². The molecule has 0 bridgehead atoms. The van der Waals surface area contributed by atoms with Crippen molar-refractivity contribution in [2.75, 3.05) is 18.0 Å². The summed E-state index contributed by atoms with van der Waals surface area (Å²) in [6.45, 7) is 0.622. The Morgan fingerprint density at radius 2 is 2.09 bits per heavy atom. The number of nitrogens with one attached hydrogen (secondary N) is 1. The Kier molecular flexibility index (Phi) is 5.56. The molecule has 3 aliphatic heterocycles. The van der Waals surface area contributed by atoms with Gasteiger partial charge in [0.2, 0.25) is 5.91 Å². The van der Waals surface area contributed by atoms with E-state index in [0.29, 0.717) is 24.1 Å². The summed E-state index contributed by atoms with van der Waals surface area (Å²) in [6.07, 6.45) is 4.12. The molecule has 0 spiro atoms. The van der Waals surface area contributed by atoms with E-state index in [4.69, 9.17) is 5.73 Å². The summed E-state index contributed by atoms with van der Waals surface area (Å²) in [7, 11) is 0. The van der Waals surface area contributed by atoms with Crippen LogP contribution in [0.15, 0.2) is 33.5 Å². The van der Waals surface area contributed by atoms with E-state index in [2.05, 4.69) is 15.5 Å². The zero-order valence-electron chi connectivity index (χ0n) is 17.6. The summed E-state index contributed by atoms with van der Waals surface area (Å²) in [5.41, 5.74) is 5.96. The number of rotatable bonds is 6. The van der Waals surface area contributed by atoms with Crippen molar-refractivity contribution in [2.45, 2.75) is 36.7 Å². The molecule has 2 atom stereocenters. The number of amides is 3. The number of allylic oxidation sites excluding steroid dienone is 1. The summed E-state index contributed by atoms with van der Waals surface area (Å²) < 4.78 is 0. The molecule has 0 aromatic carbocycles. The Morgan fingerprint density at radius 1 is 1.32 bits per heavy atom. The summed E-state index contributed by atoms with van der Waals surface area (Å²) in [6, 6.07) is -0.724. The molecule has 34 heavy (non-hydrogen) atoms. The lowest BCUT2D eigenvalue weighted by atomic mass is 10.0. The van der Waals surface area contributed by atoms with Gasteiger partial charge in [-0.1, -0.05) is 5.16 Å². The molecular formula is C20H20N6O6S2. The van der Waals surface area contributed by atoms with Crippen LogP contribution in [-0.2, 0) is 19.2 Å². The number of nitrogen functional groups attached to an aromatic ring is 1. The van der Waals surface area contributed by atoms with Gasteiger partial charge in [0.15, 0.2) is 10.8 Å². The van der Waals surface area contributed by atoms with Gasteiger partial charge < -0.3 is 26.3 Å². The van der Waals surface area contributed by atoms with Crippen LogP contribution in [0.3, 0.4) is 0 Å². The number of anilines is 1. The number of hydrogen-bond acceptors (Lipinski definition) is 10. The lowest BCUT2D eigenvalue weighted by Gasteiger charge is -2.49. The first-order valence-corrected chi connectivity index (χ1v) is 12.4. The minimum Gasteiger partial charge on any atom is -0.477 e. The molecule has 1 aromatic heterocycles. The molecule has 3 amide bonds. The number of carbonyl (C=O) groups is 4. The van der Waals surface area contributed by atoms with Gasteiger partial charge in [-0.2, -0.15) is 0 Å². The van der Waals surface area contributed by atoms with E-state index in [0.717, 1.165) is 29.1 Å². The number of β-lactam (4-membered cyclic amide) rings is 1. The highest BCUT2D eigenvalue weighted by molar-refractivity contribution is 8.00. The standard InChI is InChI=1S/C20H20N6O6S2/c21-20-22-11(7-34-20)12(24-32)15(27)23-13-17(29)26-14(19(30)31)9(6-33-18(13)26)5-8-3-4-25(16(8)28)10-1-2-10/h5,7,10,13,18,32H,1-4,6H2,(H2,21,22)(H,23,27)(H,30,31)/b8-5?,24-12-/t13-,18-/m1/s1. The Hall–Kier alpha value is -3.39. The van der Waals surface area contributed by atoms with E-state index in [9.17, 15) is 29.5 Å². The lowest BCUT2D eigenvalue weighted by molar-refractivity contribution is -0.150. The van der Waals surface area contributed by atoms with Gasteiger partial charge in [-0.05, 0) is 30.9 Å². The van der Waals surface area contributed by atoms with Crippen molar-refractivity contribution in [2.24, 2.45) is 5.16 Å². The Bertz CT molecular complexity index is 1200. The number of oxime groups is 1. The molecule has 5 rings (SSSR count). The van der Waals surface area contributed by atoms with Gasteiger partial charge in [-0.3, -0.25) is 19.3 Å². The van der Waals surface area contributed by atoms with Crippen LogP contribution in [0.1, 0.15) is 25.0 Å². The van der Waals surface area contributed by atoms with Crippen molar-refractivity contribution in [1.82, 2.24) is 20.1 Å². The van der Waals surface area contributed by atoms with Crippen LogP contribution in [-0.4, -0.2) is 84.3 Å². The molecule has 12 nitrogen and oxygen atoms in total. The third-order valence-corrected chi connectivity index (χ3v) is 8.04. The molecule has 0 radical (unpaired) electrons. The third kappa shape index (κ3) is 3.72. The monoisotopic (exact) mass is 504 g/mol. The molecule has 4 heterocycles. The quantitative estimate of drug-likeness (QED) is 0.136. The first kappa shape index (κ1) is 22.4. The van der Waals surface area contributed by atoms with Crippen molar-refractivity contribution in [1.29, 1.82) is 0 Å². The average Bonchev–Trinajstić information content (AvgIpc) is 3.46. The first-order chi connectivity index (χ1) is 16.3. The van der Waals surface area contributed by atoms with Crippen molar-refractivity contribution in [3.63, 3.8) is 0 Å². The molecule has 14 heteroatoms. The summed E-state index contributed by atoms with van der Waals surface area (Å²) in [5, 5.41) is 25.5. The van der Waals surface area contributed by atoms with Crippen LogP contribution >= 0.6 is 23.1 Å². The second-order valence-electron chi connectivity index (χ2n) is 8.21. The fourth-order valence-electron chi connectivity index (χ4n) is 4.29. The highest BCUT2D eigenvalue weighted by atomic mass is 32.2. The van der Waals surface area contributed by atoms with Gasteiger partial charge in [-0.15, -0.1) is 23.1 Å². The van der Waals surface area contributed by atoms with Gasteiger partial charge in [-0.25, -0.2) is 9.78 Å². The third-order valence-electron chi connectivity index (χ3n) is 6.06. The number of hydrogen-bond donors (Lipinski definition) is 4. The van der Waals surface area contributed by atoms with E-state index in [-0.39, 0.29) is 34.2 Å². The van der Waals surface area contributed by atoms with Gasteiger partial charge >= 0.3 is 5.97 Å². The number of nitrogens with two attached hydrogens (primary N) is 1. The van der Waals surface area contributed by atoms with Crippen molar-refractivity contribution < 1.29 is 29.5 Å². The van der Waals surface area contributed by atoms with Crippen LogP contribution in [0.2, 0.25) is 0 Å². The number of fused-ring (bicyclic) bond motifs is 1. The number of carboxylic acid groups (broad SMARTS) is 1. The average molecular weight is 505 g/mol. The Balaban J connectivity index is 1.34. The molecule has 1 aromatic rings. The molecule has 4 aliphatic rings. The zero-order chi connectivity index (χ0) is 24.1. The molecular weight excluding hydrogens is 484 g/mol. The maximum Gasteiger partial charge on any atom is 0.352 e. The Morgan fingerprint density at radius 3 is 2.71 bits per heavy atom. The minimum atomic E-state index is -1.28. The highest BCUT2D eigenvalue weighted by Crippen LogP contribution is 2.41. The lowest BCUT2D eigenvalue weighted by Crippen LogP contribution is -2.71. The molecule has 5 N–H and O–H groups in total. The van der Waals surface area contributed by atoms with Crippen molar-refractivity contribution in [3.05, 3.63) is 34.0 Å². The topological polar surface area (TPSA) is 179 Å². The van der Waals surface area contributed by atoms with Crippen LogP contribution in [0.25, 0.3) is 0 Å². The second-order valence-corrected chi connectivity index (χ2v) is 10.2. The fraction of sp³-hybridized carbons (Fsp3) is 0.400. The van der Waals surface area contributed by atoms with E-state index >= 15 is 0 Å². The number of nitrogens with zero attached hydrogens (tertiary/aromatic N) is 4. The number of aliphatic carboxylic acids is 1. The summed E-state index contributed by atoms with van der Waals surface area (Å²) in [5.74, 6) is -2.55. The molecule has 0 unspecified atom stereocenters. The second kappa shape index (κ2) is 8.43. The van der Waals surface area contributed by atoms with E-state index in [1.54, 1.807) is 6.08 Å². The molecule has 3 fully saturated rings. The number of aromatic nitrogens is 1. The van der Waals surface area contributed by atoms with Crippen molar-refractivity contribution >= 4 is 57.6 Å². The van der Waals surface area contributed by atoms with Crippen LogP contribution < -0.4 is 11.1 Å². The number of likely N-dealkylation sites (tertiary alicyclic amines) is 1. The summed E-state index contributed by atoms with van der Waals surface area (Å²) in [4.78, 5) is 57.0.